The molecular formula is C19H20ClNO3. The number of rotatable bonds is 7. The Morgan fingerprint density at radius 3 is 2.42 bits per heavy atom. The van der Waals surface area contributed by atoms with E-state index in [4.69, 9.17) is 16.3 Å². The van der Waals surface area contributed by atoms with Crippen LogP contribution in [-0.2, 0) is 20.9 Å². The summed E-state index contributed by atoms with van der Waals surface area (Å²) in [6, 6.07) is 16.7. The lowest BCUT2D eigenvalue weighted by Gasteiger charge is -2.14. The molecule has 0 aliphatic rings. The minimum absolute atomic E-state index is 0.298. The second-order valence-electron chi connectivity index (χ2n) is 5.35. The molecule has 0 aliphatic carbocycles. The highest BCUT2D eigenvalue weighted by Crippen LogP contribution is 2.20. The topological polar surface area (TPSA) is 55.4 Å². The lowest BCUT2D eigenvalue weighted by Crippen LogP contribution is -2.29. The Morgan fingerprint density at radius 2 is 1.75 bits per heavy atom. The number of amides is 1. The Morgan fingerprint density at radius 1 is 1.08 bits per heavy atom. The first kappa shape index (κ1) is 18.0. The van der Waals surface area contributed by atoms with E-state index in [-0.39, 0.29) is 18.4 Å². The van der Waals surface area contributed by atoms with E-state index in [0.717, 1.165) is 11.1 Å². The maximum atomic E-state index is 12.2. The molecule has 0 radical (unpaired) electrons. The number of benzene rings is 2. The predicted octanol–water partition coefficient (Wildman–Crippen LogP) is 3.69. The van der Waals surface area contributed by atoms with Gasteiger partial charge in [-0.2, -0.15) is 0 Å². The largest absolute Gasteiger partial charge is 0.455 e. The van der Waals surface area contributed by atoms with Crippen molar-refractivity contribution in [3.8, 4) is 0 Å². The Labute approximate surface area is 146 Å². The molecule has 0 saturated carbocycles. The lowest BCUT2D eigenvalue weighted by molar-refractivity contribution is -0.150. The van der Waals surface area contributed by atoms with Crippen molar-refractivity contribution < 1.29 is 14.3 Å². The fourth-order valence-electron chi connectivity index (χ4n) is 2.35. The standard InChI is InChI=1S/C19H20ClNO3/c1-2-16(14-8-4-3-5-9-14)19(23)24-13-18(22)21-12-15-10-6-7-11-17(15)20/h3-11,16H,2,12-13H2,1H3,(H,21,22)/t16-/m1/s1. The van der Waals surface area contributed by atoms with Gasteiger partial charge in [-0.1, -0.05) is 67.1 Å². The highest BCUT2D eigenvalue weighted by molar-refractivity contribution is 6.31. The van der Waals surface area contributed by atoms with E-state index in [2.05, 4.69) is 5.32 Å². The van der Waals surface area contributed by atoms with Crippen molar-refractivity contribution in [3.63, 3.8) is 0 Å². The first-order chi connectivity index (χ1) is 11.6. The van der Waals surface area contributed by atoms with E-state index in [1.165, 1.54) is 0 Å². The van der Waals surface area contributed by atoms with Crippen molar-refractivity contribution in [3.05, 3.63) is 70.7 Å². The van der Waals surface area contributed by atoms with Gasteiger partial charge in [0.25, 0.3) is 5.91 Å². The smallest absolute Gasteiger partial charge is 0.313 e. The molecule has 2 aromatic rings. The first-order valence-electron chi connectivity index (χ1n) is 7.83. The van der Waals surface area contributed by atoms with Crippen LogP contribution in [0.25, 0.3) is 0 Å². The number of esters is 1. The van der Waals surface area contributed by atoms with Crippen LogP contribution >= 0.6 is 11.6 Å². The van der Waals surface area contributed by atoms with Gasteiger partial charge in [0, 0.05) is 11.6 Å². The first-order valence-corrected chi connectivity index (χ1v) is 8.21. The Balaban J connectivity index is 1.82. The molecule has 0 aliphatic heterocycles. The van der Waals surface area contributed by atoms with Crippen LogP contribution in [0.3, 0.4) is 0 Å². The van der Waals surface area contributed by atoms with Crippen LogP contribution in [-0.4, -0.2) is 18.5 Å². The maximum absolute atomic E-state index is 12.2. The van der Waals surface area contributed by atoms with Crippen molar-refractivity contribution in [2.75, 3.05) is 6.61 Å². The second-order valence-corrected chi connectivity index (χ2v) is 5.75. The summed E-state index contributed by atoms with van der Waals surface area (Å²) >= 11 is 6.03. The molecule has 0 fully saturated rings. The number of carbonyl (C=O) groups excluding carboxylic acids is 2. The monoisotopic (exact) mass is 345 g/mol. The molecule has 2 aromatic carbocycles. The van der Waals surface area contributed by atoms with E-state index in [0.29, 0.717) is 18.0 Å². The van der Waals surface area contributed by atoms with Gasteiger partial charge >= 0.3 is 5.97 Å². The Kier molecular flexibility index (Phi) is 6.82. The van der Waals surface area contributed by atoms with Gasteiger partial charge < -0.3 is 10.1 Å². The van der Waals surface area contributed by atoms with E-state index in [9.17, 15) is 9.59 Å². The van der Waals surface area contributed by atoms with Crippen LogP contribution in [0.5, 0.6) is 0 Å². The van der Waals surface area contributed by atoms with Crippen molar-refractivity contribution >= 4 is 23.5 Å². The zero-order valence-corrected chi connectivity index (χ0v) is 14.3. The number of ether oxygens (including phenoxy) is 1. The number of nitrogens with one attached hydrogen (secondary N) is 1. The average molecular weight is 346 g/mol. The van der Waals surface area contributed by atoms with Gasteiger partial charge in [-0.3, -0.25) is 9.59 Å². The third kappa shape index (κ3) is 5.10. The molecule has 1 atom stereocenters. The zero-order chi connectivity index (χ0) is 17.4. The minimum Gasteiger partial charge on any atom is -0.455 e. The zero-order valence-electron chi connectivity index (χ0n) is 13.5. The summed E-state index contributed by atoms with van der Waals surface area (Å²) < 4.78 is 5.15. The molecule has 4 nitrogen and oxygen atoms in total. The van der Waals surface area contributed by atoms with Crippen LogP contribution in [0, 0.1) is 0 Å². The summed E-state index contributed by atoms with van der Waals surface area (Å²) in [5.41, 5.74) is 1.70. The SMILES string of the molecule is CC[C@@H](C(=O)OCC(=O)NCc1ccccc1Cl)c1ccccc1. The van der Waals surface area contributed by atoms with Gasteiger partial charge in [0.05, 0.1) is 5.92 Å². The van der Waals surface area contributed by atoms with Gasteiger partial charge in [-0.05, 0) is 23.6 Å². The van der Waals surface area contributed by atoms with Gasteiger partial charge in [-0.25, -0.2) is 0 Å². The molecule has 1 amide bonds. The van der Waals surface area contributed by atoms with Crippen molar-refractivity contribution in [1.82, 2.24) is 5.32 Å². The Hall–Kier alpha value is -2.33. The number of halogens is 1. The second kappa shape index (κ2) is 9.08. The van der Waals surface area contributed by atoms with Crippen LogP contribution < -0.4 is 5.32 Å². The van der Waals surface area contributed by atoms with Gasteiger partial charge in [0.15, 0.2) is 6.61 Å². The summed E-state index contributed by atoms with van der Waals surface area (Å²) in [7, 11) is 0. The summed E-state index contributed by atoms with van der Waals surface area (Å²) in [5.74, 6) is -1.11. The molecule has 0 saturated heterocycles. The number of carbonyl (C=O) groups is 2. The molecule has 0 aromatic heterocycles. The van der Waals surface area contributed by atoms with Gasteiger partial charge in [-0.15, -0.1) is 0 Å². The summed E-state index contributed by atoms with van der Waals surface area (Å²) in [6.07, 6.45) is 0.615. The molecule has 126 valence electrons. The maximum Gasteiger partial charge on any atom is 0.313 e. The van der Waals surface area contributed by atoms with Gasteiger partial charge in [0.2, 0.25) is 0 Å². The molecule has 0 bridgehead atoms. The van der Waals surface area contributed by atoms with E-state index < -0.39 is 5.97 Å². The fraction of sp³-hybridized carbons (Fsp3) is 0.263. The predicted molar refractivity (Wildman–Crippen MR) is 93.7 cm³/mol. The highest BCUT2D eigenvalue weighted by atomic mass is 35.5. The fourth-order valence-corrected chi connectivity index (χ4v) is 2.55. The summed E-state index contributed by atoms with van der Waals surface area (Å²) in [4.78, 5) is 24.0. The molecular weight excluding hydrogens is 326 g/mol. The van der Waals surface area contributed by atoms with Crippen LogP contribution in [0.2, 0.25) is 5.02 Å². The number of hydrogen-bond donors (Lipinski definition) is 1. The molecule has 2 rings (SSSR count). The van der Waals surface area contributed by atoms with E-state index in [1.54, 1.807) is 6.07 Å². The van der Waals surface area contributed by atoms with Crippen LogP contribution in [0.15, 0.2) is 54.6 Å². The molecule has 0 spiro atoms. The van der Waals surface area contributed by atoms with Crippen molar-refractivity contribution in [2.24, 2.45) is 0 Å². The highest BCUT2D eigenvalue weighted by Gasteiger charge is 2.20. The van der Waals surface area contributed by atoms with Crippen LogP contribution in [0.1, 0.15) is 30.4 Å². The minimum atomic E-state index is -0.392. The molecule has 5 heteroatoms. The number of hydrogen-bond acceptors (Lipinski definition) is 3. The van der Waals surface area contributed by atoms with E-state index in [1.807, 2.05) is 55.5 Å². The quantitative estimate of drug-likeness (QED) is 0.778. The molecule has 0 heterocycles. The molecule has 1 N–H and O–H groups in total. The molecule has 24 heavy (non-hydrogen) atoms. The average Bonchev–Trinajstić information content (AvgIpc) is 2.61. The third-order valence-corrected chi connectivity index (χ3v) is 4.04. The van der Waals surface area contributed by atoms with Crippen molar-refractivity contribution in [1.29, 1.82) is 0 Å². The van der Waals surface area contributed by atoms with Gasteiger partial charge in [0.1, 0.15) is 0 Å². The third-order valence-electron chi connectivity index (χ3n) is 3.67. The Bertz CT molecular complexity index is 688. The normalized spacial score (nSPS) is 11.6. The van der Waals surface area contributed by atoms with Crippen LogP contribution in [0.4, 0.5) is 0 Å². The van der Waals surface area contributed by atoms with Crippen molar-refractivity contribution in [2.45, 2.75) is 25.8 Å². The summed E-state index contributed by atoms with van der Waals surface area (Å²) in [6.45, 7) is 1.91. The summed E-state index contributed by atoms with van der Waals surface area (Å²) in [5, 5.41) is 3.28. The van der Waals surface area contributed by atoms with E-state index >= 15 is 0 Å². The molecule has 0 unspecified atom stereocenters. The lowest BCUT2D eigenvalue weighted by atomic mass is 9.97.